The van der Waals surface area contributed by atoms with Crippen LogP contribution in [0.1, 0.15) is 24.8 Å². The van der Waals surface area contributed by atoms with Crippen molar-refractivity contribution < 1.29 is 34.2 Å². The first-order valence-electron chi connectivity index (χ1n) is 11.3. The molecule has 0 fully saturated rings. The summed E-state index contributed by atoms with van der Waals surface area (Å²) in [6.07, 6.45) is -0.142. The molecule has 0 aliphatic heterocycles. The minimum Gasteiger partial charge on any atom is -0.480 e. The molecule has 4 unspecified atom stereocenters. The van der Waals surface area contributed by atoms with Crippen LogP contribution in [0.25, 0.3) is 0 Å². The summed E-state index contributed by atoms with van der Waals surface area (Å²) in [7, 11) is 0. The quantitative estimate of drug-likeness (QED) is 0.0576. The van der Waals surface area contributed by atoms with Crippen LogP contribution in [-0.4, -0.2) is 83.1 Å². The number of carboxylic acids is 1. The minimum absolute atomic E-state index is 0.0578. The molecule has 4 amide bonds. The molecule has 1 aromatic rings. The highest BCUT2D eigenvalue weighted by Gasteiger charge is 2.30. The number of nitrogens with zero attached hydrogens (tertiary/aromatic N) is 1. The second-order valence-electron chi connectivity index (χ2n) is 8.12. The molecule has 0 aromatic heterocycles. The van der Waals surface area contributed by atoms with Gasteiger partial charge in [-0.15, -0.1) is 0 Å². The Morgan fingerprint density at radius 2 is 1.43 bits per heavy atom. The third kappa shape index (κ3) is 11.8. The number of primary amides is 1. The maximum absolute atomic E-state index is 12.9. The Bertz CT molecular complexity index is 969. The molecule has 204 valence electrons. The molecule has 0 aliphatic rings. The van der Waals surface area contributed by atoms with Gasteiger partial charge >= 0.3 is 5.97 Å². The van der Waals surface area contributed by atoms with Crippen LogP contribution >= 0.6 is 0 Å². The zero-order valence-corrected chi connectivity index (χ0v) is 20.1. The van der Waals surface area contributed by atoms with Gasteiger partial charge in [-0.1, -0.05) is 30.3 Å². The highest BCUT2D eigenvalue weighted by molar-refractivity contribution is 5.95. The van der Waals surface area contributed by atoms with Crippen molar-refractivity contribution in [2.24, 2.45) is 27.9 Å². The zero-order valence-electron chi connectivity index (χ0n) is 20.1. The molecule has 0 saturated carbocycles. The number of rotatable bonds is 16. The van der Waals surface area contributed by atoms with E-state index in [1.165, 1.54) is 0 Å². The van der Waals surface area contributed by atoms with Gasteiger partial charge in [0.15, 0.2) is 5.96 Å². The van der Waals surface area contributed by atoms with Gasteiger partial charge in [0.25, 0.3) is 0 Å². The van der Waals surface area contributed by atoms with Gasteiger partial charge in [-0.2, -0.15) is 0 Å². The van der Waals surface area contributed by atoms with Crippen molar-refractivity contribution in [3.63, 3.8) is 0 Å². The third-order valence-electron chi connectivity index (χ3n) is 5.06. The number of amides is 4. The fourth-order valence-corrected chi connectivity index (χ4v) is 3.13. The van der Waals surface area contributed by atoms with Crippen LogP contribution in [0.15, 0.2) is 35.3 Å². The second kappa shape index (κ2) is 15.7. The Balaban J connectivity index is 2.92. The predicted octanol–water partition coefficient (Wildman–Crippen LogP) is -3.98. The summed E-state index contributed by atoms with van der Waals surface area (Å²) in [6, 6.07) is 3.08. The van der Waals surface area contributed by atoms with E-state index >= 15 is 0 Å². The number of aliphatic imine (C=N–C) groups is 1. The molecular weight excluding hydrogens is 488 g/mol. The summed E-state index contributed by atoms with van der Waals surface area (Å²) in [5.41, 5.74) is 21.9. The molecule has 0 bridgehead atoms. The number of aliphatic hydroxyl groups is 1. The summed E-state index contributed by atoms with van der Waals surface area (Å²) >= 11 is 0. The number of carbonyl (C=O) groups excluding carboxylic acids is 4. The average Bonchev–Trinajstić information content (AvgIpc) is 2.83. The third-order valence-corrected chi connectivity index (χ3v) is 5.06. The smallest absolute Gasteiger partial charge is 0.326 e. The molecule has 0 spiro atoms. The predicted molar refractivity (Wildman–Crippen MR) is 132 cm³/mol. The van der Waals surface area contributed by atoms with Crippen molar-refractivity contribution in [1.82, 2.24) is 16.0 Å². The van der Waals surface area contributed by atoms with Gasteiger partial charge in [0.2, 0.25) is 23.6 Å². The van der Waals surface area contributed by atoms with E-state index in [9.17, 15) is 34.2 Å². The molecule has 37 heavy (non-hydrogen) atoms. The van der Waals surface area contributed by atoms with E-state index in [0.29, 0.717) is 12.0 Å². The lowest BCUT2D eigenvalue weighted by Crippen LogP contribution is -2.58. The highest BCUT2D eigenvalue weighted by atomic mass is 16.4. The van der Waals surface area contributed by atoms with E-state index in [1.54, 1.807) is 30.3 Å². The second-order valence-corrected chi connectivity index (χ2v) is 8.12. The lowest BCUT2D eigenvalue weighted by Gasteiger charge is -2.24. The number of nitrogens with two attached hydrogens (primary N) is 4. The van der Waals surface area contributed by atoms with Gasteiger partial charge < -0.3 is 49.1 Å². The van der Waals surface area contributed by atoms with Gasteiger partial charge in [-0.05, 0) is 18.4 Å². The number of guanidine groups is 1. The topological polar surface area (TPSA) is 278 Å². The van der Waals surface area contributed by atoms with Crippen molar-refractivity contribution >= 4 is 35.6 Å². The first kappa shape index (κ1) is 30.8. The lowest BCUT2D eigenvalue weighted by atomic mass is 10.0. The standard InChI is InChI=1S/C22H34N8O7/c23-13(7-4-8-27-22(25)26)18(33)30-16(11-31)20(35)28-14(9-12-5-2-1-3-6-12)19(34)29-15(21(36)37)10-17(24)32/h1-3,5-6,13-16,31H,4,7-11,23H2,(H2,24,32)(H,28,35)(H,29,34)(H,30,33)(H,36,37)(H4,25,26,27). The summed E-state index contributed by atoms with van der Waals surface area (Å²) in [4.78, 5) is 64.4. The number of benzene rings is 1. The molecular formula is C22H34N8O7. The number of carboxylic acid groups (broad SMARTS) is 1. The number of nitrogens with one attached hydrogen (secondary N) is 3. The highest BCUT2D eigenvalue weighted by Crippen LogP contribution is 2.06. The van der Waals surface area contributed by atoms with E-state index < -0.39 is 66.8 Å². The van der Waals surface area contributed by atoms with Gasteiger partial charge in [0.1, 0.15) is 18.1 Å². The Morgan fingerprint density at radius 1 is 0.865 bits per heavy atom. The normalized spacial score (nSPS) is 13.8. The Hall–Kier alpha value is -4.24. The van der Waals surface area contributed by atoms with E-state index in [2.05, 4.69) is 20.9 Å². The molecule has 13 N–H and O–H groups in total. The number of hydrogen-bond donors (Lipinski definition) is 9. The molecule has 15 nitrogen and oxygen atoms in total. The van der Waals surface area contributed by atoms with Crippen LogP contribution in [-0.2, 0) is 30.4 Å². The summed E-state index contributed by atoms with van der Waals surface area (Å²) in [5.74, 6) is -5.10. The molecule has 1 aromatic carbocycles. The number of carbonyl (C=O) groups is 5. The summed E-state index contributed by atoms with van der Waals surface area (Å²) < 4.78 is 0. The van der Waals surface area contributed by atoms with Crippen molar-refractivity contribution in [2.75, 3.05) is 13.2 Å². The molecule has 0 heterocycles. The Morgan fingerprint density at radius 3 is 1.97 bits per heavy atom. The monoisotopic (exact) mass is 522 g/mol. The van der Waals surface area contributed by atoms with E-state index in [0.717, 1.165) is 0 Å². The van der Waals surface area contributed by atoms with Crippen LogP contribution in [0.5, 0.6) is 0 Å². The Kier molecular flexibility index (Phi) is 13.1. The number of hydrogen-bond acceptors (Lipinski definition) is 8. The fourth-order valence-electron chi connectivity index (χ4n) is 3.13. The zero-order chi connectivity index (χ0) is 28.0. The first-order chi connectivity index (χ1) is 17.4. The summed E-state index contributed by atoms with van der Waals surface area (Å²) in [5, 5.41) is 25.8. The SMILES string of the molecule is NC(=O)CC(NC(=O)C(Cc1ccccc1)NC(=O)C(CO)NC(=O)C(N)CCCN=C(N)N)C(=O)O. The molecule has 1 rings (SSSR count). The van der Waals surface area contributed by atoms with Gasteiger partial charge in [0, 0.05) is 13.0 Å². The van der Waals surface area contributed by atoms with Crippen LogP contribution in [0.4, 0.5) is 0 Å². The van der Waals surface area contributed by atoms with Crippen LogP contribution < -0.4 is 38.9 Å². The largest absolute Gasteiger partial charge is 0.480 e. The van der Waals surface area contributed by atoms with Crippen molar-refractivity contribution in [3.05, 3.63) is 35.9 Å². The van der Waals surface area contributed by atoms with Gasteiger partial charge in [0.05, 0.1) is 19.1 Å². The van der Waals surface area contributed by atoms with E-state index in [1.807, 2.05) is 0 Å². The molecule has 15 heteroatoms. The molecule has 0 saturated heterocycles. The first-order valence-corrected chi connectivity index (χ1v) is 11.3. The van der Waals surface area contributed by atoms with Crippen LogP contribution in [0, 0.1) is 0 Å². The van der Waals surface area contributed by atoms with Crippen molar-refractivity contribution in [2.45, 2.75) is 49.9 Å². The maximum atomic E-state index is 12.9. The van der Waals surface area contributed by atoms with Crippen molar-refractivity contribution in [1.29, 1.82) is 0 Å². The van der Waals surface area contributed by atoms with E-state index in [4.69, 9.17) is 22.9 Å². The van der Waals surface area contributed by atoms with Gasteiger partial charge in [-0.3, -0.25) is 24.2 Å². The summed E-state index contributed by atoms with van der Waals surface area (Å²) in [6.45, 7) is -0.562. The lowest BCUT2D eigenvalue weighted by molar-refractivity contribution is -0.143. The Labute approximate surface area is 213 Å². The molecule has 4 atom stereocenters. The van der Waals surface area contributed by atoms with Crippen LogP contribution in [0.3, 0.4) is 0 Å². The maximum Gasteiger partial charge on any atom is 0.326 e. The van der Waals surface area contributed by atoms with E-state index in [-0.39, 0.29) is 25.3 Å². The minimum atomic E-state index is -1.62. The molecule has 0 aliphatic carbocycles. The number of aliphatic hydroxyl groups excluding tert-OH is 1. The van der Waals surface area contributed by atoms with Gasteiger partial charge in [-0.25, -0.2) is 4.79 Å². The van der Waals surface area contributed by atoms with Crippen LogP contribution in [0.2, 0.25) is 0 Å². The fraction of sp³-hybridized carbons (Fsp3) is 0.455. The van der Waals surface area contributed by atoms with Crippen molar-refractivity contribution in [3.8, 4) is 0 Å². The average molecular weight is 523 g/mol. The molecule has 0 radical (unpaired) electrons. The number of aliphatic carboxylic acids is 1.